The maximum Gasteiger partial charge on any atom is 0.279 e. The number of hydrogen-bond donors (Lipinski definition) is 0. The smallest absolute Gasteiger partial charge is 0.279 e. The zero-order valence-corrected chi connectivity index (χ0v) is 12.6. The predicted octanol–water partition coefficient (Wildman–Crippen LogP) is 4.01. The van der Waals surface area contributed by atoms with Gasteiger partial charge in [-0.2, -0.15) is 0 Å². The predicted molar refractivity (Wildman–Crippen MR) is 88.2 cm³/mol. The lowest BCUT2D eigenvalue weighted by molar-refractivity contribution is 1.02. The number of para-hydroxylation sites is 3. The van der Waals surface area contributed by atoms with Gasteiger partial charge >= 0.3 is 0 Å². The summed E-state index contributed by atoms with van der Waals surface area (Å²) in [6.45, 7) is 0. The van der Waals surface area contributed by atoms with Crippen LogP contribution in [-0.4, -0.2) is 8.97 Å². The molecule has 0 radical (unpaired) electrons. The summed E-state index contributed by atoms with van der Waals surface area (Å²) in [5.74, 6) is 0. The number of hydrogen-bond acceptors (Lipinski definition) is 1. The van der Waals surface area contributed by atoms with E-state index in [1.807, 2.05) is 71.1 Å². The highest BCUT2D eigenvalue weighted by Crippen LogP contribution is 2.23. The topological polar surface area (TPSA) is 26.4 Å². The van der Waals surface area contributed by atoms with Crippen molar-refractivity contribution in [3.63, 3.8) is 0 Å². The summed E-state index contributed by atoms with van der Waals surface area (Å²) in [6, 6.07) is 21.4. The summed E-state index contributed by atoms with van der Waals surface area (Å²) < 4.78 is 4.58. The van der Waals surface area contributed by atoms with Gasteiger partial charge < -0.3 is 0 Å². The second kappa shape index (κ2) is 4.60. The molecule has 0 amide bonds. The van der Waals surface area contributed by atoms with Crippen LogP contribution in [-0.2, 0) is 0 Å². The zero-order valence-electron chi connectivity index (χ0n) is 11.0. The Bertz CT molecular complexity index is 1020. The highest BCUT2D eigenvalue weighted by molar-refractivity contribution is 9.10. The molecule has 0 saturated carbocycles. The van der Waals surface area contributed by atoms with E-state index in [2.05, 4.69) is 15.9 Å². The van der Waals surface area contributed by atoms with Crippen molar-refractivity contribution < 1.29 is 0 Å². The maximum absolute atomic E-state index is 12.9. The number of halogens is 1. The lowest BCUT2D eigenvalue weighted by atomic mass is 10.2. The van der Waals surface area contributed by atoms with Crippen LogP contribution in [0.2, 0.25) is 0 Å². The molecule has 2 aromatic carbocycles. The fourth-order valence-corrected chi connectivity index (χ4v) is 3.24. The number of rotatable bonds is 1. The van der Waals surface area contributed by atoms with Gasteiger partial charge in [-0.05, 0) is 52.3 Å². The fourth-order valence-electron chi connectivity index (χ4n) is 2.72. The van der Waals surface area contributed by atoms with E-state index in [1.54, 1.807) is 4.57 Å². The average Bonchev–Trinajstić information content (AvgIpc) is 2.91. The third-order valence-corrected chi connectivity index (χ3v) is 4.25. The first-order chi connectivity index (χ1) is 10.3. The second-order valence-corrected chi connectivity index (χ2v) is 5.65. The van der Waals surface area contributed by atoms with Crippen LogP contribution in [0.5, 0.6) is 0 Å². The van der Waals surface area contributed by atoms with Gasteiger partial charge in [-0.1, -0.05) is 30.3 Å². The molecule has 0 saturated heterocycles. The van der Waals surface area contributed by atoms with Crippen LogP contribution in [0.25, 0.3) is 22.2 Å². The van der Waals surface area contributed by atoms with Gasteiger partial charge in [-0.15, -0.1) is 0 Å². The van der Waals surface area contributed by atoms with Crippen molar-refractivity contribution in [3.8, 4) is 5.69 Å². The Hall–Kier alpha value is -2.33. The van der Waals surface area contributed by atoms with Gasteiger partial charge in [0.2, 0.25) is 0 Å². The van der Waals surface area contributed by atoms with Crippen molar-refractivity contribution >= 4 is 32.5 Å². The Balaban J connectivity index is 2.30. The third-order valence-electron chi connectivity index (χ3n) is 3.63. The molecule has 0 atom stereocenters. The van der Waals surface area contributed by atoms with Gasteiger partial charge in [0.25, 0.3) is 5.56 Å². The van der Waals surface area contributed by atoms with Crippen molar-refractivity contribution in [2.24, 2.45) is 0 Å². The highest BCUT2D eigenvalue weighted by atomic mass is 79.9. The average molecular weight is 339 g/mol. The van der Waals surface area contributed by atoms with Crippen molar-refractivity contribution in [2.75, 3.05) is 0 Å². The van der Waals surface area contributed by atoms with Gasteiger partial charge in [-0.25, -0.2) is 0 Å². The van der Waals surface area contributed by atoms with E-state index < -0.39 is 0 Å². The molecule has 0 aliphatic rings. The summed E-state index contributed by atoms with van der Waals surface area (Å²) >= 11 is 3.52. The summed E-state index contributed by atoms with van der Waals surface area (Å²) in [6.07, 6.45) is 0. The van der Waals surface area contributed by atoms with Crippen molar-refractivity contribution in [2.45, 2.75) is 0 Å². The molecule has 0 bridgehead atoms. The van der Waals surface area contributed by atoms with E-state index in [0.717, 1.165) is 21.3 Å². The minimum Gasteiger partial charge on any atom is -0.297 e. The molecule has 0 aliphatic heterocycles. The van der Waals surface area contributed by atoms with E-state index in [9.17, 15) is 4.79 Å². The number of nitrogens with zero attached hydrogens (tertiary/aromatic N) is 2. The minimum atomic E-state index is -0.0226. The molecule has 0 N–H and O–H groups in total. The Kier molecular flexibility index (Phi) is 2.72. The van der Waals surface area contributed by atoms with Crippen LogP contribution in [0.1, 0.15) is 0 Å². The summed E-state index contributed by atoms with van der Waals surface area (Å²) in [4.78, 5) is 12.9. The normalized spacial score (nSPS) is 11.3. The first-order valence-electron chi connectivity index (χ1n) is 6.63. The standard InChI is InChI=1S/C17H11BrN2O/c18-16-11-10-15-17(21)19(12-6-2-1-3-7-12)13-8-4-5-9-14(13)20(15)16/h1-11H. The van der Waals surface area contributed by atoms with Crippen LogP contribution in [0.15, 0.2) is 76.1 Å². The molecule has 4 heteroatoms. The van der Waals surface area contributed by atoms with Crippen LogP contribution < -0.4 is 5.56 Å². The molecule has 0 spiro atoms. The zero-order chi connectivity index (χ0) is 14.4. The van der Waals surface area contributed by atoms with Crippen LogP contribution in [0.4, 0.5) is 0 Å². The number of benzene rings is 2. The molecule has 102 valence electrons. The summed E-state index contributed by atoms with van der Waals surface area (Å²) in [7, 11) is 0. The molecular formula is C17H11BrN2O. The Morgan fingerprint density at radius 3 is 2.14 bits per heavy atom. The van der Waals surface area contributed by atoms with E-state index >= 15 is 0 Å². The Morgan fingerprint density at radius 1 is 0.714 bits per heavy atom. The first kappa shape index (κ1) is 12.4. The van der Waals surface area contributed by atoms with Gasteiger partial charge in [0.15, 0.2) is 0 Å². The molecule has 4 rings (SSSR count). The van der Waals surface area contributed by atoms with E-state index in [0.29, 0.717) is 5.52 Å². The third kappa shape index (κ3) is 1.76. The Labute approximate surface area is 129 Å². The van der Waals surface area contributed by atoms with Crippen LogP contribution in [0, 0.1) is 0 Å². The molecule has 2 heterocycles. The summed E-state index contributed by atoms with van der Waals surface area (Å²) in [5, 5.41) is 0. The van der Waals surface area contributed by atoms with Crippen LogP contribution >= 0.6 is 15.9 Å². The van der Waals surface area contributed by atoms with Crippen molar-refractivity contribution in [1.82, 2.24) is 8.97 Å². The van der Waals surface area contributed by atoms with Crippen LogP contribution in [0.3, 0.4) is 0 Å². The largest absolute Gasteiger partial charge is 0.297 e. The number of fused-ring (bicyclic) bond motifs is 3. The van der Waals surface area contributed by atoms with Gasteiger partial charge in [-0.3, -0.25) is 13.8 Å². The molecule has 0 aliphatic carbocycles. The van der Waals surface area contributed by atoms with Gasteiger partial charge in [0.1, 0.15) is 5.52 Å². The highest BCUT2D eigenvalue weighted by Gasteiger charge is 2.13. The van der Waals surface area contributed by atoms with E-state index in [4.69, 9.17) is 0 Å². The monoisotopic (exact) mass is 338 g/mol. The molecule has 0 fully saturated rings. The molecular weight excluding hydrogens is 328 g/mol. The Morgan fingerprint density at radius 2 is 1.38 bits per heavy atom. The molecule has 4 aromatic rings. The molecule has 2 aromatic heterocycles. The van der Waals surface area contributed by atoms with Gasteiger partial charge in [0.05, 0.1) is 15.6 Å². The molecule has 3 nitrogen and oxygen atoms in total. The quantitative estimate of drug-likeness (QED) is 0.515. The number of aromatic nitrogens is 2. The summed E-state index contributed by atoms with van der Waals surface area (Å²) in [5.41, 5.74) is 3.39. The van der Waals surface area contributed by atoms with Crippen molar-refractivity contribution in [3.05, 3.63) is 81.7 Å². The first-order valence-corrected chi connectivity index (χ1v) is 7.43. The lowest BCUT2D eigenvalue weighted by Crippen LogP contribution is -2.21. The van der Waals surface area contributed by atoms with E-state index in [1.165, 1.54) is 0 Å². The molecule has 21 heavy (non-hydrogen) atoms. The van der Waals surface area contributed by atoms with E-state index in [-0.39, 0.29) is 5.56 Å². The fraction of sp³-hybridized carbons (Fsp3) is 0. The van der Waals surface area contributed by atoms with Gasteiger partial charge in [0, 0.05) is 5.69 Å². The van der Waals surface area contributed by atoms with Crippen molar-refractivity contribution in [1.29, 1.82) is 0 Å². The second-order valence-electron chi connectivity index (χ2n) is 4.84. The minimum absolute atomic E-state index is 0.0226. The lowest BCUT2D eigenvalue weighted by Gasteiger charge is -2.13. The maximum atomic E-state index is 12.9. The SMILES string of the molecule is O=c1c2ccc(Br)n2c2ccccc2n1-c1ccccc1. The molecule has 0 unspecified atom stereocenters.